The smallest absolute Gasteiger partial charge is 0.269 e. The van der Waals surface area contributed by atoms with Gasteiger partial charge in [-0.1, -0.05) is 23.7 Å². The van der Waals surface area contributed by atoms with Gasteiger partial charge in [-0.2, -0.15) is 5.10 Å². The molecule has 6 nitrogen and oxygen atoms in total. The number of carbonyl (C=O) groups is 2. The Kier molecular flexibility index (Phi) is 5.88. The fraction of sp³-hybridized carbons (Fsp3) is 0.389. The molecule has 2 atom stereocenters. The summed E-state index contributed by atoms with van der Waals surface area (Å²) < 4.78 is 0. The van der Waals surface area contributed by atoms with Crippen LogP contribution in [0.3, 0.4) is 0 Å². The maximum atomic E-state index is 12.9. The number of carbonyl (C=O) groups excluding carboxylic acids is 2. The van der Waals surface area contributed by atoms with Crippen LogP contribution >= 0.6 is 23.4 Å². The number of rotatable bonds is 5. The average Bonchev–Trinajstić information content (AvgIpc) is 3.13. The monoisotopic (exact) mass is 392 g/mol. The lowest BCUT2D eigenvalue weighted by Gasteiger charge is -2.33. The number of nitrogens with one attached hydrogen (secondary N) is 1. The van der Waals surface area contributed by atoms with Crippen LogP contribution in [0.1, 0.15) is 41.9 Å². The van der Waals surface area contributed by atoms with E-state index in [2.05, 4.69) is 10.2 Å². The average molecular weight is 393 g/mol. The molecule has 2 aromatic rings. The number of nitrogens with two attached hydrogens (primary N) is 1. The highest BCUT2D eigenvalue weighted by molar-refractivity contribution is 8.00. The molecule has 2 heterocycles. The van der Waals surface area contributed by atoms with Gasteiger partial charge in [0, 0.05) is 29.6 Å². The van der Waals surface area contributed by atoms with Gasteiger partial charge in [-0.05, 0) is 38.0 Å². The van der Waals surface area contributed by atoms with Gasteiger partial charge in [-0.15, -0.1) is 11.8 Å². The van der Waals surface area contributed by atoms with Crippen molar-refractivity contribution in [3.63, 3.8) is 0 Å². The molecule has 3 rings (SSSR count). The Morgan fingerprint density at radius 3 is 2.88 bits per heavy atom. The molecule has 1 aliphatic rings. The Balaban J connectivity index is 1.65. The lowest BCUT2D eigenvalue weighted by molar-refractivity contribution is -0.131. The van der Waals surface area contributed by atoms with Crippen LogP contribution in [0, 0.1) is 0 Å². The van der Waals surface area contributed by atoms with Crippen molar-refractivity contribution in [3.8, 4) is 0 Å². The first-order chi connectivity index (χ1) is 12.5. The number of thioether (sulfide) groups is 1. The number of amides is 2. The first-order valence-corrected chi connectivity index (χ1v) is 9.76. The minimum atomic E-state index is -0.555. The van der Waals surface area contributed by atoms with Crippen LogP contribution in [0.25, 0.3) is 0 Å². The van der Waals surface area contributed by atoms with Gasteiger partial charge in [0.05, 0.1) is 10.3 Å². The van der Waals surface area contributed by atoms with Gasteiger partial charge >= 0.3 is 0 Å². The predicted octanol–water partition coefficient (Wildman–Crippen LogP) is 3.05. The lowest BCUT2D eigenvalue weighted by atomic mass is 9.94. The minimum absolute atomic E-state index is 0.0919. The molecule has 26 heavy (non-hydrogen) atoms. The third-order valence-electron chi connectivity index (χ3n) is 4.51. The largest absolute Gasteiger partial charge is 0.364 e. The molecular formula is C18H21ClN4O2S. The van der Waals surface area contributed by atoms with Crippen LogP contribution in [0.4, 0.5) is 0 Å². The summed E-state index contributed by atoms with van der Waals surface area (Å²) in [6.07, 6.45) is 1.85. The third-order valence-corrected chi connectivity index (χ3v) is 6.12. The summed E-state index contributed by atoms with van der Waals surface area (Å²) in [5, 5.41) is 7.25. The number of hydrogen-bond acceptors (Lipinski definition) is 4. The second kappa shape index (κ2) is 8.14. The fourth-order valence-corrected chi connectivity index (χ4v) is 4.38. The highest BCUT2D eigenvalue weighted by atomic mass is 35.5. The van der Waals surface area contributed by atoms with E-state index in [1.165, 1.54) is 11.8 Å². The van der Waals surface area contributed by atoms with Gasteiger partial charge in [-0.25, -0.2) is 0 Å². The Labute approximate surface area is 161 Å². The molecule has 3 N–H and O–H groups in total. The second-order valence-electron chi connectivity index (χ2n) is 6.39. The highest BCUT2D eigenvalue weighted by Crippen LogP contribution is 2.32. The van der Waals surface area contributed by atoms with E-state index in [0.717, 1.165) is 30.0 Å². The molecule has 2 amide bonds. The number of likely N-dealkylation sites (tertiary alicyclic amines) is 1. The van der Waals surface area contributed by atoms with E-state index in [0.29, 0.717) is 11.6 Å². The van der Waals surface area contributed by atoms with Gasteiger partial charge < -0.3 is 10.6 Å². The fourth-order valence-electron chi connectivity index (χ4n) is 3.14. The molecule has 1 fully saturated rings. The van der Waals surface area contributed by atoms with Gasteiger partial charge in [0.15, 0.2) is 0 Å². The van der Waals surface area contributed by atoms with E-state index in [1.54, 1.807) is 6.07 Å². The number of H-pyrrole nitrogens is 1. The summed E-state index contributed by atoms with van der Waals surface area (Å²) in [5.41, 5.74) is 6.34. The standard InChI is InChI=1S/C18H21ClN4O2S/c1-11(26-16-7-3-2-6-13(16)19)18(25)23-8-4-5-12(10-23)14-9-15(17(20)24)22-21-14/h2-3,6-7,9,11-12H,4-5,8,10H2,1H3,(H2,20,24)(H,21,22)/t11-,12+/m0/s1. The summed E-state index contributed by atoms with van der Waals surface area (Å²) in [6.45, 7) is 3.24. The Bertz CT molecular complexity index is 810. The van der Waals surface area contributed by atoms with Crippen LogP contribution < -0.4 is 5.73 Å². The number of benzene rings is 1. The number of aromatic amines is 1. The zero-order chi connectivity index (χ0) is 18.7. The molecule has 0 unspecified atom stereocenters. The van der Waals surface area contributed by atoms with Crippen molar-refractivity contribution in [2.24, 2.45) is 5.73 Å². The van der Waals surface area contributed by atoms with Gasteiger partial charge in [0.2, 0.25) is 5.91 Å². The number of primary amides is 1. The normalized spacial score (nSPS) is 18.5. The molecule has 138 valence electrons. The molecule has 1 aromatic carbocycles. The number of piperidine rings is 1. The van der Waals surface area contributed by atoms with Gasteiger partial charge in [0.25, 0.3) is 5.91 Å². The molecule has 1 aromatic heterocycles. The lowest BCUT2D eigenvalue weighted by Crippen LogP contribution is -2.42. The van der Waals surface area contributed by atoms with E-state index >= 15 is 0 Å². The highest BCUT2D eigenvalue weighted by Gasteiger charge is 2.29. The number of aromatic nitrogens is 2. The van der Waals surface area contributed by atoms with Crippen LogP contribution in [-0.4, -0.2) is 45.3 Å². The van der Waals surface area contributed by atoms with E-state index in [9.17, 15) is 9.59 Å². The Morgan fingerprint density at radius 2 is 2.19 bits per heavy atom. The Morgan fingerprint density at radius 1 is 1.42 bits per heavy atom. The Hall–Kier alpha value is -1.99. The molecule has 1 saturated heterocycles. The second-order valence-corrected chi connectivity index (χ2v) is 8.18. The molecule has 0 spiro atoms. The van der Waals surface area contributed by atoms with Crippen LogP contribution in [-0.2, 0) is 4.79 Å². The SMILES string of the molecule is C[C@H](Sc1ccccc1Cl)C(=O)N1CCC[C@@H](c2cc(C(N)=O)n[nH]2)C1. The summed E-state index contributed by atoms with van der Waals surface area (Å²) >= 11 is 7.67. The van der Waals surface area contributed by atoms with Crippen molar-refractivity contribution in [1.29, 1.82) is 0 Å². The zero-order valence-electron chi connectivity index (χ0n) is 14.4. The third kappa shape index (κ3) is 4.22. The van der Waals surface area contributed by atoms with Crippen molar-refractivity contribution in [3.05, 3.63) is 46.7 Å². The van der Waals surface area contributed by atoms with Crippen molar-refractivity contribution in [2.75, 3.05) is 13.1 Å². The molecule has 1 aliphatic heterocycles. The quantitative estimate of drug-likeness (QED) is 0.765. The summed E-state index contributed by atoms with van der Waals surface area (Å²) in [4.78, 5) is 26.9. The van der Waals surface area contributed by atoms with Crippen molar-refractivity contribution >= 4 is 35.2 Å². The summed E-state index contributed by atoms with van der Waals surface area (Å²) in [5.74, 6) is -0.332. The molecule has 0 saturated carbocycles. The summed E-state index contributed by atoms with van der Waals surface area (Å²) in [7, 11) is 0. The topological polar surface area (TPSA) is 92.1 Å². The maximum absolute atomic E-state index is 12.9. The minimum Gasteiger partial charge on any atom is -0.364 e. The maximum Gasteiger partial charge on any atom is 0.269 e. The number of nitrogens with zero attached hydrogens (tertiary/aromatic N) is 2. The van der Waals surface area contributed by atoms with Crippen molar-refractivity contribution in [1.82, 2.24) is 15.1 Å². The van der Waals surface area contributed by atoms with Crippen molar-refractivity contribution in [2.45, 2.75) is 35.8 Å². The molecule has 0 radical (unpaired) electrons. The number of hydrogen-bond donors (Lipinski definition) is 2. The van der Waals surface area contributed by atoms with Crippen LogP contribution in [0.5, 0.6) is 0 Å². The predicted molar refractivity (Wildman–Crippen MR) is 102 cm³/mol. The molecule has 0 bridgehead atoms. The zero-order valence-corrected chi connectivity index (χ0v) is 16.0. The van der Waals surface area contributed by atoms with E-state index < -0.39 is 5.91 Å². The summed E-state index contributed by atoms with van der Waals surface area (Å²) in [6, 6.07) is 9.22. The van der Waals surface area contributed by atoms with Crippen LogP contribution in [0.2, 0.25) is 5.02 Å². The van der Waals surface area contributed by atoms with Gasteiger partial charge in [-0.3, -0.25) is 14.7 Å². The molecule has 0 aliphatic carbocycles. The number of halogens is 1. The van der Waals surface area contributed by atoms with E-state index in [4.69, 9.17) is 17.3 Å². The van der Waals surface area contributed by atoms with E-state index in [1.807, 2.05) is 36.1 Å². The van der Waals surface area contributed by atoms with Gasteiger partial charge in [0.1, 0.15) is 5.69 Å². The molecular weight excluding hydrogens is 372 g/mol. The first-order valence-electron chi connectivity index (χ1n) is 8.50. The van der Waals surface area contributed by atoms with Crippen LogP contribution in [0.15, 0.2) is 35.2 Å². The first kappa shape index (κ1) is 18.8. The van der Waals surface area contributed by atoms with Crippen molar-refractivity contribution < 1.29 is 9.59 Å². The van der Waals surface area contributed by atoms with E-state index in [-0.39, 0.29) is 22.8 Å². The molecule has 8 heteroatoms.